The van der Waals surface area contributed by atoms with E-state index >= 15 is 0 Å². The van der Waals surface area contributed by atoms with Crippen LogP contribution in [0.2, 0.25) is 0 Å². The molecule has 1 amide bonds. The van der Waals surface area contributed by atoms with Gasteiger partial charge in [0.2, 0.25) is 10.0 Å². The molecule has 0 bridgehead atoms. The smallest absolute Gasteiger partial charge is 0.421 e. The first-order chi connectivity index (χ1) is 12.3. The average Bonchev–Trinajstić information content (AvgIpc) is 2.84. The first kappa shape index (κ1) is 20.8. The third-order valence-corrected chi connectivity index (χ3v) is 4.92. The van der Waals surface area contributed by atoms with Gasteiger partial charge in [-0.3, -0.25) is 4.79 Å². The minimum absolute atomic E-state index is 0.0354. The zero-order valence-electron chi connectivity index (χ0n) is 15.9. The van der Waals surface area contributed by atoms with E-state index in [1.165, 1.54) is 19.9 Å². The van der Waals surface area contributed by atoms with Crippen molar-refractivity contribution in [3.63, 3.8) is 0 Å². The molecule has 2 rings (SSSR count). The number of sulfonamides is 1. The predicted octanol–water partition coefficient (Wildman–Crippen LogP) is 3.22. The number of hydrogen-bond acceptors (Lipinski definition) is 7. The van der Waals surface area contributed by atoms with E-state index in [4.69, 9.17) is 13.9 Å². The first-order valence-electron chi connectivity index (χ1n) is 8.22. The Kier molecular flexibility index (Phi) is 5.55. The number of carbonyl (C=O) groups is 2. The van der Waals surface area contributed by atoms with E-state index in [1.54, 1.807) is 43.7 Å². The van der Waals surface area contributed by atoms with Gasteiger partial charge in [0, 0.05) is 11.5 Å². The van der Waals surface area contributed by atoms with Crippen molar-refractivity contribution in [2.75, 3.05) is 5.75 Å². The Hall–Kier alpha value is -2.55. The van der Waals surface area contributed by atoms with Crippen molar-refractivity contribution < 1.29 is 31.9 Å². The molecular weight excluding hydrogens is 374 g/mol. The molecule has 0 aliphatic rings. The topological polar surface area (TPSA) is 112 Å². The van der Waals surface area contributed by atoms with Crippen molar-refractivity contribution in [1.29, 1.82) is 0 Å². The van der Waals surface area contributed by atoms with Crippen LogP contribution in [0.15, 0.2) is 34.7 Å². The van der Waals surface area contributed by atoms with E-state index in [1.807, 2.05) is 6.07 Å². The van der Waals surface area contributed by atoms with Gasteiger partial charge < -0.3 is 13.9 Å². The van der Waals surface area contributed by atoms with Crippen LogP contribution >= 0.6 is 0 Å². The highest BCUT2D eigenvalue weighted by Gasteiger charge is 2.37. The molecule has 8 nitrogen and oxygen atoms in total. The molecule has 0 atom stereocenters. The fourth-order valence-electron chi connectivity index (χ4n) is 2.23. The largest absolute Gasteiger partial charge is 0.443 e. The summed E-state index contributed by atoms with van der Waals surface area (Å²) >= 11 is 0. The summed E-state index contributed by atoms with van der Waals surface area (Å²) in [4.78, 5) is 24.1. The summed E-state index contributed by atoms with van der Waals surface area (Å²) in [6.07, 6.45) is -1.11. The number of furan rings is 1. The number of nitrogens with one attached hydrogen (secondary N) is 1. The SMILES string of the molecule is CC(C)(C)OC(=O)NS(=O)(=O)CC(C)(C)C(=O)Oc1cc2ccccc2o1. The molecule has 1 N–H and O–H groups in total. The zero-order chi connectivity index (χ0) is 20.5. The molecule has 0 fully saturated rings. The maximum atomic E-state index is 12.4. The second-order valence-corrected chi connectivity index (χ2v) is 9.46. The average molecular weight is 397 g/mol. The van der Waals surface area contributed by atoms with Gasteiger partial charge in [-0.2, -0.15) is 0 Å². The van der Waals surface area contributed by atoms with E-state index < -0.39 is 38.9 Å². The van der Waals surface area contributed by atoms with Crippen LogP contribution in [0.3, 0.4) is 0 Å². The van der Waals surface area contributed by atoms with Crippen LogP contribution in [-0.4, -0.2) is 31.8 Å². The van der Waals surface area contributed by atoms with Crippen molar-refractivity contribution in [2.24, 2.45) is 5.41 Å². The Morgan fingerprint density at radius 3 is 2.33 bits per heavy atom. The number of fused-ring (bicyclic) bond motifs is 1. The standard InChI is InChI=1S/C18H23NO7S/c1-17(2,3)26-16(21)19-27(22,23)11-18(4,5)15(20)25-14-10-12-8-6-7-9-13(12)24-14/h6-10H,11H2,1-5H3,(H,19,21). The van der Waals surface area contributed by atoms with E-state index in [9.17, 15) is 18.0 Å². The molecule has 0 unspecified atom stereocenters. The fourth-order valence-corrected chi connectivity index (χ4v) is 3.67. The lowest BCUT2D eigenvalue weighted by Crippen LogP contribution is -2.43. The normalized spacial score (nSPS) is 12.6. The number of rotatable bonds is 5. The zero-order valence-corrected chi connectivity index (χ0v) is 16.7. The van der Waals surface area contributed by atoms with Gasteiger partial charge in [0.15, 0.2) is 0 Å². The number of amides is 1. The summed E-state index contributed by atoms with van der Waals surface area (Å²) in [6, 6.07) is 8.62. The fraction of sp³-hybridized carbons (Fsp3) is 0.444. The van der Waals surface area contributed by atoms with Crippen LogP contribution in [0.5, 0.6) is 5.95 Å². The second kappa shape index (κ2) is 7.22. The van der Waals surface area contributed by atoms with E-state index in [0.717, 1.165) is 5.39 Å². The van der Waals surface area contributed by atoms with Gasteiger partial charge >= 0.3 is 12.1 Å². The summed E-state index contributed by atoms with van der Waals surface area (Å²) in [6.45, 7) is 7.61. The van der Waals surface area contributed by atoms with Crippen LogP contribution in [0.1, 0.15) is 34.6 Å². The molecule has 0 radical (unpaired) electrons. The molecule has 0 saturated carbocycles. The highest BCUT2D eigenvalue weighted by Crippen LogP contribution is 2.27. The highest BCUT2D eigenvalue weighted by atomic mass is 32.2. The molecule has 0 spiro atoms. The van der Waals surface area contributed by atoms with Crippen molar-refractivity contribution in [3.8, 4) is 5.95 Å². The Labute approximate surface area is 157 Å². The van der Waals surface area contributed by atoms with Gasteiger partial charge in [-0.15, -0.1) is 0 Å². The summed E-state index contributed by atoms with van der Waals surface area (Å²) < 4.78 is 41.7. The summed E-state index contributed by atoms with van der Waals surface area (Å²) in [7, 11) is -4.13. The molecule has 27 heavy (non-hydrogen) atoms. The number of benzene rings is 1. The van der Waals surface area contributed by atoms with Crippen LogP contribution in [0.25, 0.3) is 11.0 Å². The van der Waals surface area contributed by atoms with Gasteiger partial charge in [-0.1, -0.05) is 18.2 Å². The maximum Gasteiger partial charge on any atom is 0.421 e. The first-order valence-corrected chi connectivity index (χ1v) is 9.87. The van der Waals surface area contributed by atoms with Crippen molar-refractivity contribution in [3.05, 3.63) is 30.3 Å². The molecule has 1 heterocycles. The third-order valence-electron chi connectivity index (χ3n) is 3.34. The lowest BCUT2D eigenvalue weighted by Gasteiger charge is -2.23. The summed E-state index contributed by atoms with van der Waals surface area (Å²) in [5, 5.41) is 0.748. The van der Waals surface area contributed by atoms with Crippen molar-refractivity contribution in [1.82, 2.24) is 4.72 Å². The van der Waals surface area contributed by atoms with Gasteiger partial charge in [0.25, 0.3) is 5.95 Å². The molecule has 0 aliphatic heterocycles. The molecule has 0 aliphatic carbocycles. The maximum absolute atomic E-state index is 12.4. The Bertz CT molecular complexity index is 918. The van der Waals surface area contributed by atoms with Crippen LogP contribution in [-0.2, 0) is 19.6 Å². The molecule has 1 aromatic carbocycles. The van der Waals surface area contributed by atoms with Gasteiger partial charge in [-0.25, -0.2) is 17.9 Å². The number of carbonyl (C=O) groups excluding carboxylic acids is 2. The number of hydrogen-bond donors (Lipinski definition) is 1. The molecular formula is C18H23NO7S. The van der Waals surface area contributed by atoms with Gasteiger partial charge in [0.1, 0.15) is 11.2 Å². The van der Waals surface area contributed by atoms with E-state index in [2.05, 4.69) is 0 Å². The van der Waals surface area contributed by atoms with Crippen molar-refractivity contribution in [2.45, 2.75) is 40.2 Å². The Balaban J connectivity index is 2.05. The predicted molar refractivity (Wildman–Crippen MR) is 98.8 cm³/mol. The third kappa shape index (κ3) is 5.99. The quantitative estimate of drug-likeness (QED) is 0.771. The highest BCUT2D eigenvalue weighted by molar-refractivity contribution is 7.90. The Morgan fingerprint density at radius 2 is 1.74 bits per heavy atom. The van der Waals surface area contributed by atoms with Gasteiger partial charge in [-0.05, 0) is 40.7 Å². The van der Waals surface area contributed by atoms with Crippen LogP contribution < -0.4 is 9.46 Å². The van der Waals surface area contributed by atoms with Crippen LogP contribution in [0, 0.1) is 5.41 Å². The monoisotopic (exact) mass is 397 g/mol. The van der Waals surface area contributed by atoms with E-state index in [-0.39, 0.29) is 5.95 Å². The molecule has 1 aromatic heterocycles. The molecule has 148 valence electrons. The van der Waals surface area contributed by atoms with E-state index in [0.29, 0.717) is 5.58 Å². The summed E-state index contributed by atoms with van der Waals surface area (Å²) in [5.74, 6) is -1.51. The molecule has 9 heteroatoms. The minimum atomic E-state index is -4.13. The lowest BCUT2D eigenvalue weighted by molar-refractivity contribution is -0.144. The Morgan fingerprint density at radius 1 is 1.11 bits per heavy atom. The summed E-state index contributed by atoms with van der Waals surface area (Å²) in [5.41, 5.74) is -1.75. The number of esters is 1. The molecule has 2 aromatic rings. The van der Waals surface area contributed by atoms with Gasteiger partial charge in [0.05, 0.1) is 11.2 Å². The van der Waals surface area contributed by atoms with Crippen LogP contribution in [0.4, 0.5) is 4.79 Å². The number of ether oxygens (including phenoxy) is 2. The number of para-hydroxylation sites is 1. The van der Waals surface area contributed by atoms with Crippen molar-refractivity contribution >= 4 is 33.1 Å². The second-order valence-electron chi connectivity index (χ2n) is 7.74. The molecule has 0 saturated heterocycles. The lowest BCUT2D eigenvalue weighted by atomic mass is 9.97. The minimum Gasteiger partial charge on any atom is -0.443 e.